The summed E-state index contributed by atoms with van der Waals surface area (Å²) >= 11 is 1.23. The lowest BCUT2D eigenvalue weighted by atomic mass is 10.2. The highest BCUT2D eigenvalue weighted by Crippen LogP contribution is 2.30. The normalized spacial score (nSPS) is 11.4. The maximum absolute atomic E-state index is 13.2. The molecule has 0 aliphatic heterocycles. The number of hydrogen-bond donors (Lipinski definition) is 1. The van der Waals surface area contributed by atoms with E-state index in [0.29, 0.717) is 23.2 Å². The number of carbonyl (C=O) groups excluding carboxylic acids is 1. The number of nitrogens with zero attached hydrogens (tertiary/aromatic N) is 3. The number of aromatic amines is 1. The van der Waals surface area contributed by atoms with Gasteiger partial charge in [-0.25, -0.2) is 4.39 Å². The maximum Gasteiger partial charge on any atom is 0.277 e. The zero-order valence-corrected chi connectivity index (χ0v) is 18.9. The summed E-state index contributed by atoms with van der Waals surface area (Å²) < 4.78 is 21.1. The minimum Gasteiger partial charge on any atom is -0.411 e. The molecule has 0 amide bonds. The van der Waals surface area contributed by atoms with Crippen LogP contribution in [0.5, 0.6) is 0 Å². The zero-order chi connectivity index (χ0) is 22.9. The number of thioether (sulfide) groups is 1. The van der Waals surface area contributed by atoms with Crippen molar-refractivity contribution in [2.75, 3.05) is 5.75 Å². The Labute approximate surface area is 193 Å². The van der Waals surface area contributed by atoms with Crippen molar-refractivity contribution in [2.24, 2.45) is 0 Å². The highest BCUT2D eigenvalue weighted by molar-refractivity contribution is 7.99. The number of nitrogens with one attached hydrogen (secondary N) is 1. The fraction of sp³-hybridized carbons (Fsp3) is 0.160. The first-order valence-corrected chi connectivity index (χ1v) is 11.5. The van der Waals surface area contributed by atoms with Crippen molar-refractivity contribution in [1.29, 1.82) is 0 Å². The van der Waals surface area contributed by atoms with Crippen molar-refractivity contribution in [3.63, 3.8) is 0 Å². The van der Waals surface area contributed by atoms with Crippen LogP contribution < -0.4 is 0 Å². The molecule has 0 aliphatic rings. The molecule has 0 radical (unpaired) electrons. The number of ketones is 1. The van der Waals surface area contributed by atoms with Gasteiger partial charge in [0.15, 0.2) is 5.78 Å². The molecule has 0 saturated carbocycles. The number of para-hydroxylation sites is 1. The smallest absolute Gasteiger partial charge is 0.277 e. The van der Waals surface area contributed by atoms with Crippen molar-refractivity contribution in [3.05, 3.63) is 89.1 Å². The molecule has 0 fully saturated rings. The van der Waals surface area contributed by atoms with Crippen LogP contribution in [0.3, 0.4) is 0 Å². The van der Waals surface area contributed by atoms with Gasteiger partial charge in [0.05, 0.1) is 11.3 Å². The molecule has 0 spiro atoms. The van der Waals surface area contributed by atoms with Gasteiger partial charge in [-0.1, -0.05) is 42.1 Å². The molecule has 6 nitrogen and oxygen atoms in total. The number of halogens is 1. The molecule has 0 atom stereocenters. The number of aryl methyl sites for hydroxylation is 1. The summed E-state index contributed by atoms with van der Waals surface area (Å²) in [5.74, 6) is 0.336. The van der Waals surface area contributed by atoms with Crippen LogP contribution in [-0.2, 0) is 6.54 Å². The third-order valence-electron chi connectivity index (χ3n) is 5.68. The highest BCUT2D eigenvalue weighted by atomic mass is 32.2. The van der Waals surface area contributed by atoms with Crippen molar-refractivity contribution < 1.29 is 13.6 Å². The van der Waals surface area contributed by atoms with Crippen LogP contribution >= 0.6 is 11.8 Å². The Hall–Kier alpha value is -3.65. The summed E-state index contributed by atoms with van der Waals surface area (Å²) in [4.78, 5) is 16.1. The SMILES string of the molecule is Cc1cc(C(=O)CSc2nnc(-c3c[nH]c4ccccc34)o2)c(C)n1Cc1ccc(F)cc1. The van der Waals surface area contributed by atoms with Crippen molar-refractivity contribution in [1.82, 2.24) is 19.7 Å². The predicted octanol–water partition coefficient (Wildman–Crippen LogP) is 5.80. The molecule has 0 bridgehead atoms. The van der Waals surface area contributed by atoms with Crippen molar-refractivity contribution >= 4 is 28.4 Å². The van der Waals surface area contributed by atoms with E-state index in [9.17, 15) is 9.18 Å². The van der Waals surface area contributed by atoms with Crippen molar-refractivity contribution in [3.8, 4) is 11.5 Å². The number of rotatable bonds is 7. The molecular weight excluding hydrogens is 439 g/mol. The number of Topliss-reactive ketones (excluding diaryl/α,β-unsaturated/α-hetero) is 1. The Morgan fingerprint density at radius 2 is 1.91 bits per heavy atom. The lowest BCUT2D eigenvalue weighted by Crippen LogP contribution is -2.07. The summed E-state index contributed by atoms with van der Waals surface area (Å²) in [7, 11) is 0. The number of benzene rings is 2. The summed E-state index contributed by atoms with van der Waals surface area (Å²) in [5.41, 5.74) is 5.32. The molecule has 1 N–H and O–H groups in total. The summed E-state index contributed by atoms with van der Waals surface area (Å²) in [5, 5.41) is 9.60. The van der Waals surface area contributed by atoms with E-state index in [-0.39, 0.29) is 17.4 Å². The van der Waals surface area contributed by atoms with Crippen LogP contribution in [-0.4, -0.2) is 31.3 Å². The lowest BCUT2D eigenvalue weighted by molar-refractivity contribution is 0.102. The average Bonchev–Trinajstić information content (AvgIpc) is 3.52. The van der Waals surface area contributed by atoms with Crippen LogP contribution in [0.15, 0.2) is 70.4 Å². The minimum absolute atomic E-state index is 0.00898. The van der Waals surface area contributed by atoms with Crippen LogP contribution in [0, 0.1) is 19.7 Å². The van der Waals surface area contributed by atoms with Gasteiger partial charge in [0.1, 0.15) is 5.82 Å². The molecule has 5 rings (SSSR count). The van der Waals surface area contributed by atoms with Crippen LogP contribution in [0.4, 0.5) is 4.39 Å². The third-order valence-corrected chi connectivity index (χ3v) is 6.50. The topological polar surface area (TPSA) is 76.7 Å². The average molecular weight is 461 g/mol. The fourth-order valence-corrected chi connectivity index (χ4v) is 4.58. The van der Waals surface area contributed by atoms with E-state index >= 15 is 0 Å². The molecule has 33 heavy (non-hydrogen) atoms. The van der Waals surface area contributed by atoms with E-state index < -0.39 is 0 Å². The summed E-state index contributed by atoms with van der Waals surface area (Å²) in [6.45, 7) is 4.47. The third kappa shape index (κ3) is 4.21. The van der Waals surface area contributed by atoms with Gasteiger partial charge >= 0.3 is 0 Å². The van der Waals surface area contributed by atoms with Gasteiger partial charge in [-0.15, -0.1) is 10.2 Å². The maximum atomic E-state index is 13.2. The van der Waals surface area contributed by atoms with Crippen LogP contribution in [0.2, 0.25) is 0 Å². The first-order valence-electron chi connectivity index (χ1n) is 10.5. The molecule has 3 aromatic heterocycles. The van der Waals surface area contributed by atoms with E-state index in [1.54, 1.807) is 12.1 Å². The number of carbonyl (C=O) groups is 1. The van der Waals surface area contributed by atoms with Gasteiger partial charge < -0.3 is 14.0 Å². The van der Waals surface area contributed by atoms with Gasteiger partial charge in [-0.05, 0) is 43.7 Å². The Kier molecular flexibility index (Phi) is 5.60. The molecule has 5 aromatic rings. The summed E-state index contributed by atoms with van der Waals surface area (Å²) in [6, 6.07) is 16.2. The van der Waals surface area contributed by atoms with Gasteiger partial charge in [-0.2, -0.15) is 0 Å². The van der Waals surface area contributed by atoms with Gasteiger partial charge in [0.2, 0.25) is 0 Å². The molecule has 2 aromatic carbocycles. The van der Waals surface area contributed by atoms with Crippen LogP contribution in [0.25, 0.3) is 22.4 Å². The monoisotopic (exact) mass is 460 g/mol. The first-order chi connectivity index (χ1) is 16.0. The first kappa shape index (κ1) is 21.2. The van der Waals surface area contributed by atoms with Gasteiger partial charge in [0.25, 0.3) is 11.1 Å². The molecule has 0 unspecified atom stereocenters. The number of aromatic nitrogens is 4. The van der Waals surface area contributed by atoms with Crippen LogP contribution in [0.1, 0.15) is 27.3 Å². The number of H-pyrrole nitrogens is 1. The molecule has 8 heteroatoms. The van der Waals surface area contributed by atoms with E-state index in [2.05, 4.69) is 19.7 Å². The van der Waals surface area contributed by atoms with E-state index in [1.807, 2.05) is 50.4 Å². The molecule has 3 heterocycles. The van der Waals surface area contributed by atoms with E-state index in [0.717, 1.165) is 33.4 Å². The minimum atomic E-state index is -0.263. The Morgan fingerprint density at radius 3 is 2.73 bits per heavy atom. The van der Waals surface area contributed by atoms with E-state index in [1.165, 1.54) is 23.9 Å². The highest BCUT2D eigenvalue weighted by Gasteiger charge is 2.19. The Morgan fingerprint density at radius 1 is 1.12 bits per heavy atom. The largest absolute Gasteiger partial charge is 0.411 e. The fourth-order valence-electron chi connectivity index (χ4n) is 3.93. The quantitative estimate of drug-likeness (QED) is 0.245. The lowest BCUT2D eigenvalue weighted by Gasteiger charge is -2.10. The Balaban J connectivity index is 1.28. The van der Waals surface area contributed by atoms with Gasteiger partial charge in [0, 0.05) is 40.6 Å². The summed E-state index contributed by atoms with van der Waals surface area (Å²) in [6.07, 6.45) is 1.84. The second-order valence-corrected chi connectivity index (χ2v) is 8.76. The predicted molar refractivity (Wildman–Crippen MR) is 126 cm³/mol. The molecular formula is C25H21FN4O2S. The van der Waals surface area contributed by atoms with Gasteiger partial charge in [-0.3, -0.25) is 4.79 Å². The zero-order valence-electron chi connectivity index (χ0n) is 18.1. The standard InChI is InChI=1S/C25H21FN4O2S/c1-15-11-20(16(2)30(15)13-17-7-9-18(26)10-8-17)23(31)14-33-25-29-28-24(32-25)21-12-27-22-6-4-3-5-19(21)22/h3-12,27H,13-14H2,1-2H3. The second kappa shape index (κ2) is 8.71. The second-order valence-electron chi connectivity index (χ2n) is 7.83. The number of hydrogen-bond acceptors (Lipinski definition) is 5. The molecule has 0 aliphatic carbocycles. The van der Waals surface area contributed by atoms with E-state index in [4.69, 9.17) is 4.42 Å². The molecule has 166 valence electrons. The Bertz CT molecular complexity index is 1450. The molecule has 0 saturated heterocycles. The van der Waals surface area contributed by atoms with Crippen molar-refractivity contribution in [2.45, 2.75) is 25.6 Å². The number of fused-ring (bicyclic) bond motifs is 1.